The van der Waals surface area contributed by atoms with E-state index in [1.807, 2.05) is 12.1 Å². The number of methoxy groups -OCH3 is 1. The number of carbonyl (C=O) groups excluding carboxylic acids is 1. The van der Waals surface area contributed by atoms with Gasteiger partial charge in [0.2, 0.25) is 0 Å². The van der Waals surface area contributed by atoms with E-state index >= 15 is 0 Å². The number of hydrogen-bond acceptors (Lipinski definition) is 4. The summed E-state index contributed by atoms with van der Waals surface area (Å²) in [5, 5.41) is 3.24. The van der Waals surface area contributed by atoms with Gasteiger partial charge in [0, 0.05) is 37.6 Å². The summed E-state index contributed by atoms with van der Waals surface area (Å²) in [6.45, 7) is 3.26. The zero-order chi connectivity index (χ0) is 21.1. The van der Waals surface area contributed by atoms with Crippen LogP contribution in [0.5, 0.6) is 0 Å². The van der Waals surface area contributed by atoms with E-state index < -0.39 is 5.82 Å². The smallest absolute Gasteiger partial charge is 0.255 e. The first-order valence-corrected chi connectivity index (χ1v) is 10.8. The topological polar surface area (TPSA) is 54.5 Å². The Morgan fingerprint density at radius 3 is 2.83 bits per heavy atom. The Morgan fingerprint density at radius 2 is 2.10 bits per heavy atom. The van der Waals surface area contributed by atoms with Crippen molar-refractivity contribution >= 4 is 5.91 Å². The quantitative estimate of drug-likeness (QED) is 0.747. The average molecular weight is 412 g/mol. The number of nitrogens with zero attached hydrogens (tertiary/aromatic N) is 2. The summed E-state index contributed by atoms with van der Waals surface area (Å²) in [5.41, 5.74) is 1.58. The van der Waals surface area contributed by atoms with Gasteiger partial charge in [0.05, 0.1) is 18.2 Å². The molecule has 0 saturated carbocycles. The van der Waals surface area contributed by atoms with Crippen molar-refractivity contribution in [1.29, 1.82) is 0 Å². The van der Waals surface area contributed by atoms with Crippen LogP contribution in [-0.4, -0.2) is 47.6 Å². The van der Waals surface area contributed by atoms with Gasteiger partial charge in [-0.05, 0) is 68.4 Å². The van der Waals surface area contributed by atoms with Crippen LogP contribution in [0.3, 0.4) is 0 Å². The van der Waals surface area contributed by atoms with Gasteiger partial charge in [-0.15, -0.1) is 0 Å². The molecule has 1 amide bonds. The number of halogens is 1. The monoisotopic (exact) mass is 411 g/mol. The fourth-order valence-corrected chi connectivity index (χ4v) is 5.55. The number of piperidine rings is 1. The Labute approximate surface area is 177 Å². The van der Waals surface area contributed by atoms with E-state index in [-0.39, 0.29) is 23.1 Å². The standard InChI is InChI=1S/C24H30FN3O2/c1-17-5-3-7-20(25)21(17)23(29)27-22(18-9-13-26-14-10-18)24-11-4-6-19(8-12-24)28(24)15-16-30-2/h3,5,7,9-10,13-14,19,22H,4,6,8,11-12,15-16H2,1-2H3,(H,27,29). The third kappa shape index (κ3) is 3.74. The van der Waals surface area contributed by atoms with Gasteiger partial charge >= 0.3 is 0 Å². The molecule has 3 atom stereocenters. The summed E-state index contributed by atoms with van der Waals surface area (Å²) in [6.07, 6.45) is 8.93. The van der Waals surface area contributed by atoms with E-state index in [0.29, 0.717) is 18.2 Å². The van der Waals surface area contributed by atoms with Crippen molar-refractivity contribution in [3.8, 4) is 0 Å². The molecule has 2 bridgehead atoms. The van der Waals surface area contributed by atoms with Crippen LogP contribution in [0.25, 0.3) is 0 Å². The number of aryl methyl sites for hydroxylation is 1. The Morgan fingerprint density at radius 1 is 1.30 bits per heavy atom. The fraction of sp³-hybridized carbons (Fsp3) is 0.500. The first-order valence-electron chi connectivity index (χ1n) is 10.8. The van der Waals surface area contributed by atoms with Gasteiger partial charge in [0.1, 0.15) is 5.82 Å². The second-order valence-electron chi connectivity index (χ2n) is 8.49. The summed E-state index contributed by atoms with van der Waals surface area (Å²) in [6, 6.07) is 8.94. The summed E-state index contributed by atoms with van der Waals surface area (Å²) >= 11 is 0. The lowest BCUT2D eigenvalue weighted by molar-refractivity contribution is 0.00396. The first-order chi connectivity index (χ1) is 14.6. The maximum absolute atomic E-state index is 14.5. The number of rotatable bonds is 7. The molecule has 160 valence electrons. The Hall–Kier alpha value is -2.31. The second-order valence-corrected chi connectivity index (χ2v) is 8.49. The van der Waals surface area contributed by atoms with Gasteiger partial charge in [-0.1, -0.05) is 12.1 Å². The van der Waals surface area contributed by atoms with Crippen LogP contribution in [0, 0.1) is 12.7 Å². The molecule has 4 rings (SSSR count). The summed E-state index contributed by atoms with van der Waals surface area (Å²) in [4.78, 5) is 20.0. The number of aromatic nitrogens is 1. The zero-order valence-electron chi connectivity index (χ0n) is 17.7. The van der Waals surface area contributed by atoms with E-state index in [9.17, 15) is 9.18 Å². The average Bonchev–Trinajstić information content (AvgIpc) is 2.94. The first kappa shape index (κ1) is 20.9. The SMILES string of the molecule is COCCN1C2CCCC1(C(NC(=O)c1c(C)cccc1F)c1ccncc1)CC2. The highest BCUT2D eigenvalue weighted by Gasteiger charge is 2.53. The molecule has 5 nitrogen and oxygen atoms in total. The minimum absolute atomic E-state index is 0.127. The molecule has 2 saturated heterocycles. The molecule has 0 radical (unpaired) electrons. The molecule has 1 N–H and O–H groups in total. The van der Waals surface area contributed by atoms with E-state index in [2.05, 4.69) is 15.2 Å². The summed E-state index contributed by atoms with van der Waals surface area (Å²) in [5.74, 6) is -0.842. The molecule has 2 aliphatic heterocycles. The molecular weight excluding hydrogens is 381 g/mol. The van der Waals surface area contributed by atoms with Gasteiger partial charge in [0.15, 0.2) is 0 Å². The largest absolute Gasteiger partial charge is 0.383 e. The van der Waals surface area contributed by atoms with Crippen LogP contribution in [-0.2, 0) is 4.74 Å². The maximum atomic E-state index is 14.5. The fourth-order valence-electron chi connectivity index (χ4n) is 5.55. The number of pyridine rings is 1. The van der Waals surface area contributed by atoms with Crippen molar-refractivity contribution in [3.05, 3.63) is 65.2 Å². The molecule has 2 aromatic rings. The lowest BCUT2D eigenvalue weighted by Crippen LogP contribution is -2.58. The predicted octanol–water partition coefficient (Wildman–Crippen LogP) is 4.03. The number of nitrogens with one attached hydrogen (secondary N) is 1. The highest BCUT2D eigenvalue weighted by molar-refractivity contribution is 5.96. The maximum Gasteiger partial charge on any atom is 0.255 e. The molecule has 6 heteroatoms. The van der Waals surface area contributed by atoms with Crippen LogP contribution in [0.4, 0.5) is 4.39 Å². The second kappa shape index (κ2) is 8.82. The van der Waals surface area contributed by atoms with Gasteiger partial charge in [-0.2, -0.15) is 0 Å². The van der Waals surface area contributed by atoms with E-state index in [4.69, 9.17) is 4.74 Å². The molecular formula is C24H30FN3O2. The third-order valence-electron chi connectivity index (χ3n) is 6.91. The lowest BCUT2D eigenvalue weighted by atomic mass is 9.78. The Bertz CT molecular complexity index is 867. The van der Waals surface area contributed by atoms with Crippen molar-refractivity contribution in [2.75, 3.05) is 20.3 Å². The van der Waals surface area contributed by atoms with Crippen molar-refractivity contribution in [1.82, 2.24) is 15.2 Å². The zero-order valence-corrected chi connectivity index (χ0v) is 17.7. The van der Waals surface area contributed by atoms with Crippen LogP contribution in [0.1, 0.15) is 59.6 Å². The summed E-state index contributed by atoms with van der Waals surface area (Å²) in [7, 11) is 1.72. The Balaban J connectivity index is 1.73. The van der Waals surface area contributed by atoms with Crippen LogP contribution in [0.2, 0.25) is 0 Å². The van der Waals surface area contributed by atoms with Crippen molar-refractivity contribution in [3.63, 3.8) is 0 Å². The third-order valence-corrected chi connectivity index (χ3v) is 6.91. The Kier molecular flexibility index (Phi) is 6.16. The molecule has 0 aliphatic carbocycles. The molecule has 2 aliphatic rings. The molecule has 0 spiro atoms. The molecule has 1 aromatic heterocycles. The lowest BCUT2D eigenvalue weighted by Gasteiger charge is -2.49. The highest BCUT2D eigenvalue weighted by atomic mass is 19.1. The molecule has 3 unspecified atom stereocenters. The molecule has 3 heterocycles. The van der Waals surface area contributed by atoms with Gasteiger partial charge < -0.3 is 10.1 Å². The number of carbonyl (C=O) groups is 1. The van der Waals surface area contributed by atoms with Crippen molar-refractivity contribution in [2.45, 2.75) is 56.7 Å². The van der Waals surface area contributed by atoms with Crippen LogP contribution in [0.15, 0.2) is 42.7 Å². The van der Waals surface area contributed by atoms with Crippen LogP contribution < -0.4 is 5.32 Å². The van der Waals surface area contributed by atoms with E-state index in [1.165, 1.54) is 12.5 Å². The predicted molar refractivity (Wildman–Crippen MR) is 114 cm³/mol. The number of benzene rings is 1. The van der Waals surface area contributed by atoms with E-state index in [0.717, 1.165) is 37.8 Å². The molecule has 30 heavy (non-hydrogen) atoms. The minimum atomic E-state index is -0.484. The number of fused-ring (bicyclic) bond motifs is 2. The highest BCUT2D eigenvalue weighted by Crippen LogP contribution is 2.50. The van der Waals surface area contributed by atoms with Crippen LogP contribution >= 0.6 is 0 Å². The van der Waals surface area contributed by atoms with Gasteiger partial charge in [-0.25, -0.2) is 4.39 Å². The van der Waals surface area contributed by atoms with Gasteiger partial charge in [0.25, 0.3) is 5.91 Å². The van der Waals surface area contributed by atoms with Crippen molar-refractivity contribution in [2.24, 2.45) is 0 Å². The number of amides is 1. The van der Waals surface area contributed by atoms with Crippen molar-refractivity contribution < 1.29 is 13.9 Å². The van der Waals surface area contributed by atoms with E-state index in [1.54, 1.807) is 38.6 Å². The number of ether oxygens (including phenoxy) is 1. The molecule has 2 fully saturated rings. The normalized spacial score (nSPS) is 24.6. The number of hydrogen-bond donors (Lipinski definition) is 1. The van der Waals surface area contributed by atoms with Gasteiger partial charge in [-0.3, -0.25) is 14.7 Å². The minimum Gasteiger partial charge on any atom is -0.383 e. The molecule has 1 aromatic carbocycles. The summed E-state index contributed by atoms with van der Waals surface area (Å²) < 4.78 is 19.9.